The molecule has 2 unspecified atom stereocenters. The van der Waals surface area contributed by atoms with Crippen LogP contribution in [0.2, 0.25) is 0 Å². The summed E-state index contributed by atoms with van der Waals surface area (Å²) in [5.74, 6) is 1.35. The lowest BCUT2D eigenvalue weighted by atomic mass is 9.97. The van der Waals surface area contributed by atoms with Crippen molar-refractivity contribution in [2.45, 2.75) is 44.3 Å². The van der Waals surface area contributed by atoms with Crippen molar-refractivity contribution in [3.8, 4) is 0 Å². The van der Waals surface area contributed by atoms with Gasteiger partial charge in [0.1, 0.15) is 30.2 Å². The maximum atomic E-state index is 12.5. The molecule has 0 spiro atoms. The van der Waals surface area contributed by atoms with Gasteiger partial charge in [0.15, 0.2) is 0 Å². The number of alkyl halides is 3. The van der Waals surface area contributed by atoms with Gasteiger partial charge in [-0.15, -0.1) is 0 Å². The summed E-state index contributed by atoms with van der Waals surface area (Å²) in [4.78, 5) is 12.9. The largest absolute Gasteiger partial charge is 0.405 e. The minimum absolute atomic E-state index is 0.235. The van der Waals surface area contributed by atoms with Gasteiger partial charge < -0.3 is 15.6 Å². The maximum absolute atomic E-state index is 12.5. The molecular weight excluding hydrogens is 429 g/mol. The van der Waals surface area contributed by atoms with Gasteiger partial charge in [-0.3, -0.25) is 0 Å². The van der Waals surface area contributed by atoms with Crippen LogP contribution in [0.5, 0.6) is 0 Å². The smallest absolute Gasteiger partial charge is 0.383 e. The molecule has 0 saturated heterocycles. The van der Waals surface area contributed by atoms with Crippen molar-refractivity contribution < 1.29 is 13.2 Å². The van der Waals surface area contributed by atoms with Crippen molar-refractivity contribution in [1.29, 1.82) is 0 Å². The van der Waals surface area contributed by atoms with E-state index in [1.54, 1.807) is 12.1 Å². The Bertz CT molecular complexity index is 1280. The highest BCUT2D eigenvalue weighted by Gasteiger charge is 2.28. The molecule has 4 aromatic rings. The molecule has 5 rings (SSSR count). The number of aromatic nitrogens is 4. The van der Waals surface area contributed by atoms with Gasteiger partial charge in [-0.1, -0.05) is 12.1 Å². The summed E-state index contributed by atoms with van der Waals surface area (Å²) in [5.41, 5.74) is 8.72. The maximum Gasteiger partial charge on any atom is 0.405 e. The van der Waals surface area contributed by atoms with Gasteiger partial charge in [0.25, 0.3) is 0 Å². The van der Waals surface area contributed by atoms with Crippen LogP contribution in [0.3, 0.4) is 0 Å². The number of pyridine rings is 1. The summed E-state index contributed by atoms with van der Waals surface area (Å²) in [5, 5.41) is 4.16. The van der Waals surface area contributed by atoms with E-state index >= 15 is 0 Å². The van der Waals surface area contributed by atoms with E-state index in [4.69, 9.17) is 5.73 Å². The summed E-state index contributed by atoms with van der Waals surface area (Å²) in [6.45, 7) is -1.09. The van der Waals surface area contributed by atoms with Gasteiger partial charge in [0, 0.05) is 17.6 Å². The Kier molecular flexibility index (Phi) is 5.55. The molecule has 33 heavy (non-hydrogen) atoms. The number of benzene rings is 1. The van der Waals surface area contributed by atoms with E-state index in [9.17, 15) is 13.2 Å². The molecule has 1 fully saturated rings. The number of hydrogen-bond donors (Lipinski definition) is 2. The molecule has 3 heterocycles. The standard InChI is InChI=1S/C24H25F3N6/c25-24(26,27)13-29-21-8-6-17-5-3-16(12-20(17)32-21)2-1-15-4-7-18(11-15)33-10-9-19-22(28)30-14-31-23(19)33/h3,5-6,8-10,12,14-15,18H,1-2,4,7,11,13H2,(H,29,32)(H2,28,30,31). The summed E-state index contributed by atoms with van der Waals surface area (Å²) >= 11 is 0. The highest BCUT2D eigenvalue weighted by atomic mass is 19.4. The van der Waals surface area contributed by atoms with Crippen LogP contribution in [-0.2, 0) is 6.42 Å². The Hall–Kier alpha value is -3.36. The van der Waals surface area contributed by atoms with Crippen molar-refractivity contribution in [1.82, 2.24) is 19.5 Å². The fourth-order valence-electron chi connectivity index (χ4n) is 4.83. The lowest BCUT2D eigenvalue weighted by molar-refractivity contribution is -0.115. The molecule has 9 heteroatoms. The SMILES string of the molecule is Nc1ncnc2c1ccn2C1CCC(CCc2ccc3ccc(NCC(F)(F)F)nc3c2)C1. The van der Waals surface area contributed by atoms with E-state index in [1.165, 1.54) is 6.33 Å². The number of halogens is 3. The molecule has 1 saturated carbocycles. The first kappa shape index (κ1) is 21.5. The Morgan fingerprint density at radius 2 is 1.94 bits per heavy atom. The van der Waals surface area contributed by atoms with Crippen LogP contribution in [0.15, 0.2) is 48.9 Å². The van der Waals surface area contributed by atoms with Crippen molar-refractivity contribution in [2.24, 2.45) is 5.92 Å². The highest BCUT2D eigenvalue weighted by molar-refractivity contribution is 5.86. The first-order valence-corrected chi connectivity index (χ1v) is 11.1. The third-order valence-corrected chi connectivity index (χ3v) is 6.51. The third kappa shape index (κ3) is 4.72. The van der Waals surface area contributed by atoms with Gasteiger partial charge in [-0.05, 0) is 67.9 Å². The second kappa shape index (κ2) is 8.53. The van der Waals surface area contributed by atoms with E-state index in [0.29, 0.717) is 23.3 Å². The van der Waals surface area contributed by atoms with E-state index in [1.807, 2.05) is 18.2 Å². The molecule has 6 nitrogen and oxygen atoms in total. The number of nitrogens with zero attached hydrogens (tertiary/aromatic N) is 4. The van der Waals surface area contributed by atoms with Crippen LogP contribution in [-0.4, -0.2) is 32.2 Å². The van der Waals surface area contributed by atoms with Crippen LogP contribution < -0.4 is 11.1 Å². The first-order valence-electron chi connectivity index (χ1n) is 11.1. The normalized spacial score (nSPS) is 18.9. The second-order valence-corrected chi connectivity index (χ2v) is 8.78. The minimum atomic E-state index is -4.27. The van der Waals surface area contributed by atoms with Crippen molar-refractivity contribution in [3.05, 3.63) is 54.5 Å². The minimum Gasteiger partial charge on any atom is -0.383 e. The molecule has 1 aromatic carbocycles. The van der Waals surface area contributed by atoms with Crippen LogP contribution >= 0.6 is 0 Å². The predicted octanol–water partition coefficient (Wildman–Crippen LogP) is 5.51. The molecule has 172 valence electrons. The number of nitrogen functional groups attached to an aromatic ring is 1. The third-order valence-electron chi connectivity index (χ3n) is 6.51. The molecule has 0 bridgehead atoms. The summed E-state index contributed by atoms with van der Waals surface area (Å²) in [7, 11) is 0. The molecule has 0 radical (unpaired) electrons. The number of anilines is 2. The molecule has 3 N–H and O–H groups in total. The Morgan fingerprint density at radius 3 is 2.79 bits per heavy atom. The van der Waals surface area contributed by atoms with Crippen molar-refractivity contribution in [2.75, 3.05) is 17.6 Å². The Morgan fingerprint density at radius 1 is 1.09 bits per heavy atom. The van der Waals surface area contributed by atoms with Crippen LogP contribution in [0, 0.1) is 5.92 Å². The summed E-state index contributed by atoms with van der Waals surface area (Å²) in [6, 6.07) is 11.8. The van der Waals surface area contributed by atoms with Gasteiger partial charge in [0.05, 0.1) is 10.9 Å². The molecule has 0 amide bonds. The lowest BCUT2D eigenvalue weighted by Crippen LogP contribution is -2.21. The van der Waals surface area contributed by atoms with Gasteiger partial charge >= 0.3 is 6.18 Å². The van der Waals surface area contributed by atoms with Gasteiger partial charge in [-0.2, -0.15) is 13.2 Å². The molecule has 3 aromatic heterocycles. The number of hydrogen-bond acceptors (Lipinski definition) is 5. The van der Waals surface area contributed by atoms with Gasteiger partial charge in [-0.25, -0.2) is 15.0 Å². The summed E-state index contributed by atoms with van der Waals surface area (Å²) < 4.78 is 39.7. The van der Waals surface area contributed by atoms with Crippen LogP contribution in [0.1, 0.15) is 37.3 Å². The first-order chi connectivity index (χ1) is 15.9. The highest BCUT2D eigenvalue weighted by Crippen LogP contribution is 2.39. The number of rotatable bonds is 6. The van der Waals surface area contributed by atoms with E-state index in [0.717, 1.165) is 54.1 Å². The fraction of sp³-hybridized carbons (Fsp3) is 0.375. The topological polar surface area (TPSA) is 81.6 Å². The number of aryl methyl sites for hydroxylation is 1. The number of nitrogens with two attached hydrogens (primary N) is 1. The quantitative estimate of drug-likeness (QED) is 0.402. The molecule has 1 aliphatic rings. The van der Waals surface area contributed by atoms with Crippen LogP contribution in [0.4, 0.5) is 24.8 Å². The summed E-state index contributed by atoms with van der Waals surface area (Å²) in [6.07, 6.45) is 4.62. The zero-order valence-electron chi connectivity index (χ0n) is 18.0. The fourth-order valence-corrected chi connectivity index (χ4v) is 4.83. The molecular formula is C24H25F3N6. The molecule has 0 aliphatic heterocycles. The molecule has 1 aliphatic carbocycles. The van der Waals surface area contributed by atoms with Crippen LogP contribution in [0.25, 0.3) is 21.9 Å². The number of fused-ring (bicyclic) bond motifs is 2. The Labute approximate surface area is 189 Å². The average molecular weight is 455 g/mol. The predicted molar refractivity (Wildman–Crippen MR) is 123 cm³/mol. The molecule has 2 atom stereocenters. The van der Waals surface area contributed by atoms with E-state index in [2.05, 4.69) is 37.1 Å². The number of nitrogens with one attached hydrogen (secondary N) is 1. The monoisotopic (exact) mass is 454 g/mol. The van der Waals surface area contributed by atoms with Crippen molar-refractivity contribution >= 4 is 33.6 Å². The Balaban J connectivity index is 1.23. The lowest BCUT2D eigenvalue weighted by Gasteiger charge is -2.14. The zero-order valence-corrected chi connectivity index (χ0v) is 18.0. The van der Waals surface area contributed by atoms with Crippen molar-refractivity contribution in [3.63, 3.8) is 0 Å². The second-order valence-electron chi connectivity index (χ2n) is 8.78. The van der Waals surface area contributed by atoms with Gasteiger partial charge in [0.2, 0.25) is 0 Å². The average Bonchev–Trinajstić information content (AvgIpc) is 3.43. The van der Waals surface area contributed by atoms with E-state index < -0.39 is 12.7 Å². The zero-order chi connectivity index (χ0) is 23.0. The van der Waals surface area contributed by atoms with E-state index in [-0.39, 0.29) is 5.82 Å².